The van der Waals surface area contributed by atoms with Crippen LogP contribution < -0.4 is 0 Å². The van der Waals surface area contributed by atoms with Crippen molar-refractivity contribution in [3.8, 4) is 11.1 Å². The van der Waals surface area contributed by atoms with E-state index in [1.807, 2.05) is 0 Å². The zero-order valence-corrected chi connectivity index (χ0v) is 16.7. The van der Waals surface area contributed by atoms with Crippen LogP contribution in [-0.4, -0.2) is 43.2 Å². The van der Waals surface area contributed by atoms with Gasteiger partial charge in [-0.05, 0) is 36.5 Å². The molecule has 0 aromatic heterocycles. The van der Waals surface area contributed by atoms with E-state index < -0.39 is 5.97 Å². The molecule has 1 aliphatic rings. The van der Waals surface area contributed by atoms with E-state index in [-0.39, 0.29) is 6.10 Å². The molecule has 0 bridgehead atoms. The highest BCUT2D eigenvalue weighted by Gasteiger charge is 2.20. The molecule has 28 heavy (non-hydrogen) atoms. The van der Waals surface area contributed by atoms with E-state index in [2.05, 4.69) is 65.2 Å². The van der Waals surface area contributed by atoms with Crippen molar-refractivity contribution in [3.63, 3.8) is 0 Å². The molecule has 0 atom stereocenters. The SMILES string of the molecule is CC(=O)OOCCN1CCC(OCc2ccccc2-c2ccc(C)cc2)CC1. The number of piperidine rings is 1. The zero-order chi connectivity index (χ0) is 19.8. The second kappa shape index (κ2) is 10.4. The zero-order valence-electron chi connectivity index (χ0n) is 16.7. The van der Waals surface area contributed by atoms with Gasteiger partial charge in [-0.2, -0.15) is 4.89 Å². The molecule has 1 heterocycles. The lowest BCUT2D eigenvalue weighted by atomic mass is 9.99. The molecule has 5 heteroatoms. The van der Waals surface area contributed by atoms with Crippen molar-refractivity contribution in [2.24, 2.45) is 0 Å². The van der Waals surface area contributed by atoms with Gasteiger partial charge in [0.05, 0.1) is 12.7 Å². The van der Waals surface area contributed by atoms with Crippen molar-refractivity contribution < 1.29 is 19.3 Å². The Labute approximate surface area is 167 Å². The number of likely N-dealkylation sites (tertiary alicyclic amines) is 1. The van der Waals surface area contributed by atoms with Crippen LogP contribution in [0.3, 0.4) is 0 Å². The molecule has 3 rings (SSSR count). The lowest BCUT2D eigenvalue weighted by Gasteiger charge is -2.31. The normalized spacial score (nSPS) is 15.5. The number of aryl methyl sites for hydroxylation is 1. The molecule has 1 fully saturated rings. The van der Waals surface area contributed by atoms with Crippen LogP contribution in [0.5, 0.6) is 0 Å². The van der Waals surface area contributed by atoms with Gasteiger partial charge in [0.2, 0.25) is 0 Å². The van der Waals surface area contributed by atoms with Crippen LogP contribution >= 0.6 is 0 Å². The summed E-state index contributed by atoms with van der Waals surface area (Å²) in [5, 5.41) is 0. The fourth-order valence-corrected chi connectivity index (χ4v) is 3.46. The van der Waals surface area contributed by atoms with Crippen LogP contribution in [0.25, 0.3) is 11.1 Å². The number of carbonyl (C=O) groups is 1. The van der Waals surface area contributed by atoms with Gasteiger partial charge in [-0.25, -0.2) is 4.79 Å². The maximum atomic E-state index is 10.7. The van der Waals surface area contributed by atoms with Gasteiger partial charge in [0.15, 0.2) is 0 Å². The van der Waals surface area contributed by atoms with Crippen molar-refractivity contribution >= 4 is 5.97 Å². The Balaban J connectivity index is 1.46. The molecule has 1 saturated heterocycles. The average molecular weight is 383 g/mol. The summed E-state index contributed by atoms with van der Waals surface area (Å²) in [5.74, 6) is -0.418. The van der Waals surface area contributed by atoms with Crippen LogP contribution in [0.4, 0.5) is 0 Å². The summed E-state index contributed by atoms with van der Waals surface area (Å²) < 4.78 is 6.23. The second-order valence-electron chi connectivity index (χ2n) is 7.27. The fourth-order valence-electron chi connectivity index (χ4n) is 3.46. The number of carbonyl (C=O) groups excluding carboxylic acids is 1. The van der Waals surface area contributed by atoms with E-state index in [9.17, 15) is 4.79 Å². The Morgan fingerprint density at radius 3 is 2.50 bits per heavy atom. The third kappa shape index (κ3) is 6.16. The first-order valence-corrected chi connectivity index (χ1v) is 9.91. The van der Waals surface area contributed by atoms with Gasteiger partial charge in [0.25, 0.3) is 0 Å². The summed E-state index contributed by atoms with van der Waals surface area (Å²) in [4.78, 5) is 22.4. The highest BCUT2D eigenvalue weighted by molar-refractivity contribution is 5.67. The molecule has 0 amide bonds. The van der Waals surface area contributed by atoms with Crippen LogP contribution in [-0.2, 0) is 25.9 Å². The van der Waals surface area contributed by atoms with Gasteiger partial charge in [-0.1, -0.05) is 54.1 Å². The Morgan fingerprint density at radius 2 is 1.79 bits per heavy atom. The first-order valence-electron chi connectivity index (χ1n) is 9.91. The monoisotopic (exact) mass is 383 g/mol. The fraction of sp³-hybridized carbons (Fsp3) is 0.435. The van der Waals surface area contributed by atoms with Crippen molar-refractivity contribution in [1.82, 2.24) is 4.90 Å². The number of hydrogen-bond acceptors (Lipinski definition) is 5. The molecule has 0 aliphatic carbocycles. The van der Waals surface area contributed by atoms with Crippen LogP contribution in [0.2, 0.25) is 0 Å². The van der Waals surface area contributed by atoms with E-state index in [0.717, 1.165) is 32.5 Å². The Morgan fingerprint density at radius 1 is 1.07 bits per heavy atom. The van der Waals surface area contributed by atoms with E-state index in [1.165, 1.54) is 29.2 Å². The quantitative estimate of drug-likeness (QED) is 0.390. The number of benzene rings is 2. The highest BCUT2D eigenvalue weighted by atomic mass is 17.2. The molecule has 0 N–H and O–H groups in total. The van der Waals surface area contributed by atoms with Gasteiger partial charge >= 0.3 is 5.97 Å². The summed E-state index contributed by atoms with van der Waals surface area (Å²) in [5.41, 5.74) is 4.96. The van der Waals surface area contributed by atoms with Gasteiger partial charge < -0.3 is 9.64 Å². The maximum absolute atomic E-state index is 10.7. The lowest BCUT2D eigenvalue weighted by molar-refractivity contribution is -0.271. The summed E-state index contributed by atoms with van der Waals surface area (Å²) in [6, 6.07) is 17.1. The lowest BCUT2D eigenvalue weighted by Crippen LogP contribution is -2.38. The van der Waals surface area contributed by atoms with Gasteiger partial charge in [0.1, 0.15) is 6.61 Å². The standard InChI is InChI=1S/C23H29NO4/c1-18-7-9-20(10-8-18)23-6-4-3-5-21(23)17-26-22-11-13-24(14-12-22)15-16-27-28-19(2)25/h3-10,22H,11-17H2,1-2H3. The molecule has 1 aliphatic heterocycles. The van der Waals surface area contributed by atoms with Gasteiger partial charge in [0, 0.05) is 26.6 Å². The summed E-state index contributed by atoms with van der Waals surface area (Å²) >= 11 is 0. The van der Waals surface area contributed by atoms with E-state index in [4.69, 9.17) is 9.62 Å². The summed E-state index contributed by atoms with van der Waals surface area (Å²) in [7, 11) is 0. The molecule has 5 nitrogen and oxygen atoms in total. The first-order chi connectivity index (χ1) is 13.6. The van der Waals surface area contributed by atoms with Crippen LogP contribution in [0, 0.1) is 6.92 Å². The second-order valence-corrected chi connectivity index (χ2v) is 7.27. The topological polar surface area (TPSA) is 48.0 Å². The van der Waals surface area contributed by atoms with Crippen LogP contribution in [0.1, 0.15) is 30.9 Å². The molecule has 0 spiro atoms. The summed E-state index contributed by atoms with van der Waals surface area (Å²) in [6.07, 6.45) is 2.28. The van der Waals surface area contributed by atoms with Crippen molar-refractivity contribution in [2.75, 3.05) is 26.2 Å². The first kappa shape index (κ1) is 20.5. The molecule has 0 unspecified atom stereocenters. The Kier molecular flexibility index (Phi) is 7.60. The molecular formula is C23H29NO4. The maximum Gasteiger partial charge on any atom is 0.339 e. The Hall–Kier alpha value is -2.21. The van der Waals surface area contributed by atoms with Gasteiger partial charge in [-0.3, -0.25) is 4.89 Å². The summed E-state index contributed by atoms with van der Waals surface area (Å²) in [6.45, 7) is 7.16. The van der Waals surface area contributed by atoms with Crippen molar-refractivity contribution in [2.45, 2.75) is 39.4 Å². The Bertz CT molecular complexity index is 751. The molecular weight excluding hydrogens is 354 g/mol. The molecule has 2 aromatic carbocycles. The van der Waals surface area contributed by atoms with E-state index >= 15 is 0 Å². The van der Waals surface area contributed by atoms with Crippen molar-refractivity contribution in [1.29, 1.82) is 0 Å². The number of ether oxygens (including phenoxy) is 1. The number of rotatable bonds is 8. The molecule has 2 aromatic rings. The average Bonchev–Trinajstić information content (AvgIpc) is 2.71. The number of hydrogen-bond donors (Lipinski definition) is 0. The minimum absolute atomic E-state index is 0.275. The van der Waals surface area contributed by atoms with E-state index in [1.54, 1.807) is 0 Å². The third-order valence-electron chi connectivity index (χ3n) is 5.06. The molecule has 150 valence electrons. The minimum Gasteiger partial charge on any atom is -0.373 e. The van der Waals surface area contributed by atoms with Gasteiger partial charge in [-0.15, -0.1) is 0 Å². The third-order valence-corrected chi connectivity index (χ3v) is 5.06. The predicted octanol–water partition coefficient (Wildman–Crippen LogP) is 4.14. The highest BCUT2D eigenvalue weighted by Crippen LogP contribution is 2.26. The number of nitrogens with zero attached hydrogens (tertiary/aromatic N) is 1. The minimum atomic E-state index is -0.418. The molecule has 0 radical (unpaired) electrons. The predicted molar refractivity (Wildman–Crippen MR) is 109 cm³/mol. The van der Waals surface area contributed by atoms with Crippen LogP contribution in [0.15, 0.2) is 48.5 Å². The largest absolute Gasteiger partial charge is 0.373 e. The van der Waals surface area contributed by atoms with E-state index in [0.29, 0.717) is 13.2 Å². The van der Waals surface area contributed by atoms with Crippen molar-refractivity contribution in [3.05, 3.63) is 59.7 Å². The smallest absolute Gasteiger partial charge is 0.339 e. The molecule has 0 saturated carbocycles.